The molecule has 1 saturated heterocycles. The molecule has 7 heteroatoms. The summed E-state index contributed by atoms with van der Waals surface area (Å²) in [6.45, 7) is 9.96. The van der Waals surface area contributed by atoms with E-state index in [9.17, 15) is 8.42 Å². The Bertz CT molecular complexity index is 907. The molecule has 1 aliphatic rings. The molecule has 0 radical (unpaired) electrons. The summed E-state index contributed by atoms with van der Waals surface area (Å²) in [6.07, 6.45) is 3.36. The van der Waals surface area contributed by atoms with Crippen LogP contribution in [0.5, 0.6) is 5.75 Å². The molecule has 0 unspecified atom stereocenters. The van der Waals surface area contributed by atoms with E-state index in [1.54, 1.807) is 13.8 Å². The maximum absolute atomic E-state index is 12.6. The number of hydrogen-bond acceptors (Lipinski definition) is 4. The van der Waals surface area contributed by atoms with Crippen molar-refractivity contribution in [2.75, 3.05) is 32.8 Å². The Morgan fingerprint density at radius 3 is 2.06 bits per heavy atom. The van der Waals surface area contributed by atoms with Crippen LogP contribution in [0.1, 0.15) is 45.6 Å². The lowest BCUT2D eigenvalue weighted by atomic mass is 9.98. The second kappa shape index (κ2) is 11.3. The van der Waals surface area contributed by atoms with E-state index in [1.807, 2.05) is 55.5 Å². The summed E-state index contributed by atoms with van der Waals surface area (Å²) >= 11 is 0. The number of ether oxygens (including phenoxy) is 1. The largest absolute Gasteiger partial charge is 0.492 e. The van der Waals surface area contributed by atoms with Crippen molar-refractivity contribution in [3.05, 3.63) is 54.1 Å². The second-order valence-electron chi connectivity index (χ2n) is 8.41. The molecule has 0 saturated carbocycles. The third-order valence-electron chi connectivity index (χ3n) is 5.86. The van der Waals surface area contributed by atoms with Crippen LogP contribution in [0.3, 0.4) is 0 Å². The molecule has 1 heterocycles. The number of nitrogens with zero attached hydrogens (tertiary/aromatic N) is 1. The van der Waals surface area contributed by atoms with E-state index >= 15 is 0 Å². The molecule has 31 heavy (non-hydrogen) atoms. The molecule has 2 aromatic rings. The number of likely N-dealkylation sites (tertiary alicyclic amines) is 1. The van der Waals surface area contributed by atoms with Gasteiger partial charge in [0, 0.05) is 13.1 Å². The van der Waals surface area contributed by atoms with Crippen LogP contribution in [0.15, 0.2) is 48.5 Å². The normalized spacial score (nSPS) is 14.9. The van der Waals surface area contributed by atoms with Gasteiger partial charge in [-0.15, -0.1) is 12.4 Å². The standard InChI is InChI=1S/C24H34N2O3S.ClH/c1-4-15-25-30(27,28)24(2,3)22-11-7-20(8-12-22)21-9-13-23(14-10-21)29-19-18-26-16-5-6-17-26;/h7-14,25H,4-6,15-19H2,1-3H3;1H. The number of hydrogen-bond donors (Lipinski definition) is 1. The monoisotopic (exact) mass is 466 g/mol. The van der Waals surface area contributed by atoms with Crippen molar-refractivity contribution in [1.29, 1.82) is 0 Å². The van der Waals surface area contributed by atoms with Gasteiger partial charge in [-0.2, -0.15) is 0 Å². The smallest absolute Gasteiger partial charge is 0.221 e. The van der Waals surface area contributed by atoms with Crippen molar-refractivity contribution in [3.63, 3.8) is 0 Å². The molecule has 172 valence electrons. The molecule has 0 aliphatic carbocycles. The van der Waals surface area contributed by atoms with Gasteiger partial charge in [-0.3, -0.25) is 4.90 Å². The molecule has 0 spiro atoms. The lowest BCUT2D eigenvalue weighted by Crippen LogP contribution is -2.39. The number of rotatable bonds is 10. The topological polar surface area (TPSA) is 58.6 Å². The molecule has 1 fully saturated rings. The van der Waals surface area contributed by atoms with Crippen molar-refractivity contribution in [1.82, 2.24) is 9.62 Å². The third-order valence-corrected chi connectivity index (χ3v) is 8.02. The quantitative estimate of drug-likeness (QED) is 0.545. The summed E-state index contributed by atoms with van der Waals surface area (Å²) in [5.41, 5.74) is 2.91. The minimum Gasteiger partial charge on any atom is -0.492 e. The van der Waals surface area contributed by atoms with Gasteiger partial charge in [0.2, 0.25) is 10.0 Å². The first-order valence-electron chi connectivity index (χ1n) is 10.9. The molecular weight excluding hydrogens is 432 g/mol. The van der Waals surface area contributed by atoms with Crippen LogP contribution in [0.25, 0.3) is 11.1 Å². The Morgan fingerprint density at radius 2 is 1.52 bits per heavy atom. The molecule has 1 N–H and O–H groups in total. The Balaban J connectivity index is 0.00000341. The molecule has 0 bridgehead atoms. The van der Waals surface area contributed by atoms with Gasteiger partial charge in [-0.05, 0) is 75.0 Å². The minimum atomic E-state index is -3.44. The first kappa shape index (κ1) is 25.7. The molecule has 5 nitrogen and oxygen atoms in total. The van der Waals surface area contributed by atoms with E-state index in [4.69, 9.17) is 4.74 Å². The highest BCUT2D eigenvalue weighted by Crippen LogP contribution is 2.31. The molecule has 0 amide bonds. The van der Waals surface area contributed by atoms with Gasteiger partial charge >= 0.3 is 0 Å². The highest BCUT2D eigenvalue weighted by molar-refractivity contribution is 7.90. The average Bonchev–Trinajstić information content (AvgIpc) is 3.26. The van der Waals surface area contributed by atoms with Crippen molar-refractivity contribution >= 4 is 22.4 Å². The summed E-state index contributed by atoms with van der Waals surface area (Å²) in [5.74, 6) is 0.879. The van der Waals surface area contributed by atoms with Crippen LogP contribution in [-0.2, 0) is 14.8 Å². The zero-order chi connectivity index (χ0) is 21.6. The van der Waals surface area contributed by atoms with Gasteiger partial charge in [0.25, 0.3) is 0 Å². The zero-order valence-electron chi connectivity index (χ0n) is 18.8. The van der Waals surface area contributed by atoms with Gasteiger partial charge in [0.05, 0.1) is 0 Å². The fourth-order valence-corrected chi connectivity index (χ4v) is 4.96. The third kappa shape index (κ3) is 6.45. The Kier molecular flexibility index (Phi) is 9.37. The van der Waals surface area contributed by atoms with Crippen molar-refractivity contribution in [3.8, 4) is 16.9 Å². The fraction of sp³-hybridized carbons (Fsp3) is 0.500. The summed E-state index contributed by atoms with van der Waals surface area (Å²) in [5, 5.41) is 0. The predicted octanol–water partition coefficient (Wildman–Crippen LogP) is 4.81. The molecule has 1 aliphatic heterocycles. The van der Waals surface area contributed by atoms with E-state index in [1.165, 1.54) is 25.9 Å². The predicted molar refractivity (Wildman–Crippen MR) is 131 cm³/mol. The number of benzene rings is 2. The maximum Gasteiger partial charge on any atom is 0.221 e. The highest BCUT2D eigenvalue weighted by atomic mass is 35.5. The van der Waals surface area contributed by atoms with Crippen LogP contribution < -0.4 is 9.46 Å². The van der Waals surface area contributed by atoms with Crippen LogP contribution in [0.2, 0.25) is 0 Å². The minimum absolute atomic E-state index is 0. The van der Waals surface area contributed by atoms with Crippen molar-refractivity contribution < 1.29 is 13.2 Å². The molecule has 0 atom stereocenters. The lowest BCUT2D eigenvalue weighted by molar-refractivity contribution is 0.238. The second-order valence-corrected chi connectivity index (χ2v) is 10.7. The molecule has 2 aromatic carbocycles. The lowest BCUT2D eigenvalue weighted by Gasteiger charge is -2.26. The van der Waals surface area contributed by atoms with E-state index in [2.05, 4.69) is 9.62 Å². The summed E-state index contributed by atoms with van der Waals surface area (Å²) in [7, 11) is -3.44. The van der Waals surface area contributed by atoms with Gasteiger partial charge in [0.15, 0.2) is 0 Å². The van der Waals surface area contributed by atoms with Gasteiger partial charge in [-0.1, -0.05) is 43.3 Å². The Labute approximate surface area is 193 Å². The van der Waals surface area contributed by atoms with Crippen LogP contribution in [0, 0.1) is 0 Å². The Hall–Kier alpha value is -1.60. The molecule has 0 aromatic heterocycles. The van der Waals surface area contributed by atoms with Gasteiger partial charge in [0.1, 0.15) is 17.1 Å². The zero-order valence-corrected chi connectivity index (χ0v) is 20.4. The van der Waals surface area contributed by atoms with Crippen molar-refractivity contribution in [2.24, 2.45) is 0 Å². The van der Waals surface area contributed by atoms with Crippen LogP contribution in [-0.4, -0.2) is 46.1 Å². The SMILES string of the molecule is CCCNS(=O)(=O)C(C)(C)c1ccc(-c2ccc(OCCN3CCCC3)cc2)cc1.Cl. The first-order valence-corrected chi connectivity index (χ1v) is 12.4. The average molecular weight is 467 g/mol. The van der Waals surface area contributed by atoms with E-state index in [0.29, 0.717) is 13.2 Å². The first-order chi connectivity index (χ1) is 14.3. The van der Waals surface area contributed by atoms with Gasteiger partial charge in [-0.25, -0.2) is 13.1 Å². The fourth-order valence-electron chi connectivity index (χ4n) is 3.68. The van der Waals surface area contributed by atoms with Crippen LogP contribution >= 0.6 is 12.4 Å². The number of sulfonamides is 1. The van der Waals surface area contributed by atoms with E-state index < -0.39 is 14.8 Å². The number of halogens is 1. The van der Waals surface area contributed by atoms with E-state index in [0.717, 1.165) is 35.4 Å². The highest BCUT2D eigenvalue weighted by Gasteiger charge is 2.35. The molecule has 3 rings (SSSR count). The summed E-state index contributed by atoms with van der Waals surface area (Å²) in [6, 6.07) is 15.9. The van der Waals surface area contributed by atoms with Gasteiger partial charge < -0.3 is 4.74 Å². The molecular formula is C24H35ClN2O3S. The van der Waals surface area contributed by atoms with Crippen LogP contribution in [0.4, 0.5) is 0 Å². The maximum atomic E-state index is 12.6. The Morgan fingerprint density at radius 1 is 0.968 bits per heavy atom. The number of nitrogens with one attached hydrogen (secondary N) is 1. The van der Waals surface area contributed by atoms with E-state index in [-0.39, 0.29) is 12.4 Å². The summed E-state index contributed by atoms with van der Waals surface area (Å²) in [4.78, 5) is 2.44. The summed E-state index contributed by atoms with van der Waals surface area (Å²) < 4.78 is 32.9. The van der Waals surface area contributed by atoms with Crippen molar-refractivity contribution in [2.45, 2.75) is 44.8 Å².